The number of ketones is 1. The Morgan fingerprint density at radius 3 is 2.55 bits per heavy atom. The molecule has 0 fully saturated rings. The van der Waals surface area contributed by atoms with E-state index in [9.17, 15) is 9.59 Å². The molecule has 0 saturated heterocycles. The topological polar surface area (TPSA) is 84.0 Å². The molecular formula is C21H22N4O2S2. The number of rotatable bonds is 7. The van der Waals surface area contributed by atoms with Crippen LogP contribution in [-0.2, 0) is 4.79 Å². The van der Waals surface area contributed by atoms with Crippen molar-refractivity contribution in [2.45, 2.75) is 37.3 Å². The lowest BCUT2D eigenvalue weighted by atomic mass is 10.1. The zero-order valence-corrected chi connectivity index (χ0v) is 18.3. The molecule has 0 spiro atoms. The van der Waals surface area contributed by atoms with E-state index in [1.54, 1.807) is 24.3 Å². The first kappa shape index (κ1) is 21.0. The van der Waals surface area contributed by atoms with Crippen LogP contribution in [0.3, 0.4) is 0 Å². The third-order valence-electron chi connectivity index (χ3n) is 4.35. The Bertz CT molecular complexity index is 1050. The monoisotopic (exact) mass is 426 g/mol. The van der Waals surface area contributed by atoms with E-state index in [0.29, 0.717) is 20.7 Å². The fourth-order valence-corrected chi connectivity index (χ4v) is 4.43. The Kier molecular flexibility index (Phi) is 6.66. The van der Waals surface area contributed by atoms with Gasteiger partial charge in [0.1, 0.15) is 0 Å². The minimum Gasteiger partial charge on any atom is -0.330 e. The number of Topliss-reactive ketones (excluding diaryl/α,β-unsaturated/α-hetero) is 1. The third-order valence-corrected chi connectivity index (χ3v) is 6.37. The predicted molar refractivity (Wildman–Crippen MR) is 120 cm³/mol. The van der Waals surface area contributed by atoms with Gasteiger partial charge >= 0.3 is 0 Å². The van der Waals surface area contributed by atoms with Gasteiger partial charge in [0.2, 0.25) is 11.0 Å². The van der Waals surface area contributed by atoms with E-state index >= 15 is 0 Å². The largest absolute Gasteiger partial charge is 0.330 e. The summed E-state index contributed by atoms with van der Waals surface area (Å²) in [4.78, 5) is 24.0. The maximum atomic E-state index is 12.5. The summed E-state index contributed by atoms with van der Waals surface area (Å²) in [5.74, 6) is -0.198. The van der Waals surface area contributed by atoms with Crippen LogP contribution in [0.15, 0.2) is 46.8 Å². The average Bonchev–Trinajstić information content (AvgIpc) is 3.11. The molecule has 8 heteroatoms. The van der Waals surface area contributed by atoms with Crippen molar-refractivity contribution >= 4 is 51.3 Å². The van der Waals surface area contributed by atoms with Crippen molar-refractivity contribution in [2.75, 3.05) is 10.6 Å². The summed E-state index contributed by atoms with van der Waals surface area (Å²) in [6.07, 6.45) is 0. The van der Waals surface area contributed by atoms with Crippen LogP contribution in [0.25, 0.3) is 0 Å². The molecule has 1 atom stereocenters. The van der Waals surface area contributed by atoms with Crippen molar-refractivity contribution in [1.82, 2.24) is 10.2 Å². The predicted octanol–water partition coefficient (Wildman–Crippen LogP) is 5.22. The molecule has 3 rings (SSSR count). The van der Waals surface area contributed by atoms with Crippen molar-refractivity contribution < 1.29 is 9.59 Å². The van der Waals surface area contributed by atoms with Crippen LogP contribution in [0.2, 0.25) is 0 Å². The molecule has 2 aromatic carbocycles. The first-order chi connectivity index (χ1) is 13.8. The number of aryl methyl sites for hydroxylation is 2. The van der Waals surface area contributed by atoms with Gasteiger partial charge in [-0.25, -0.2) is 0 Å². The van der Waals surface area contributed by atoms with Gasteiger partial charge in [0.05, 0.1) is 5.25 Å². The zero-order chi connectivity index (χ0) is 21.0. The van der Waals surface area contributed by atoms with Gasteiger partial charge in [0.25, 0.3) is 0 Å². The molecule has 1 heterocycles. The Labute approximate surface area is 178 Å². The van der Waals surface area contributed by atoms with Gasteiger partial charge in [-0.2, -0.15) is 0 Å². The number of carbonyl (C=O) groups excluding carboxylic acids is 2. The summed E-state index contributed by atoms with van der Waals surface area (Å²) in [6.45, 7) is 7.45. The van der Waals surface area contributed by atoms with Crippen LogP contribution in [0, 0.1) is 13.8 Å². The molecule has 0 saturated carbocycles. The number of aromatic nitrogens is 2. The maximum absolute atomic E-state index is 12.5. The third kappa shape index (κ3) is 5.65. The minimum atomic E-state index is -0.363. The van der Waals surface area contributed by atoms with Gasteiger partial charge in [-0.3, -0.25) is 9.59 Å². The SMILES string of the molecule is CC(=O)c1cccc(NC(=O)C(C)Sc2nnc(Nc3ccc(C)c(C)c3)s2)c1. The lowest BCUT2D eigenvalue weighted by molar-refractivity contribution is -0.115. The smallest absolute Gasteiger partial charge is 0.237 e. The van der Waals surface area contributed by atoms with Gasteiger partial charge in [0, 0.05) is 16.9 Å². The average molecular weight is 427 g/mol. The van der Waals surface area contributed by atoms with E-state index in [1.807, 2.05) is 13.0 Å². The summed E-state index contributed by atoms with van der Waals surface area (Å²) in [5.41, 5.74) is 4.56. The molecule has 0 aliphatic rings. The summed E-state index contributed by atoms with van der Waals surface area (Å²) >= 11 is 2.75. The van der Waals surface area contributed by atoms with Gasteiger partial charge in [-0.05, 0) is 63.1 Å². The number of nitrogens with zero attached hydrogens (tertiary/aromatic N) is 2. The van der Waals surface area contributed by atoms with E-state index in [1.165, 1.54) is 41.1 Å². The van der Waals surface area contributed by atoms with E-state index in [2.05, 4.69) is 46.8 Å². The Morgan fingerprint density at radius 2 is 1.83 bits per heavy atom. The van der Waals surface area contributed by atoms with E-state index in [0.717, 1.165) is 5.69 Å². The molecule has 1 amide bonds. The molecule has 0 bridgehead atoms. The molecule has 150 valence electrons. The molecule has 0 aliphatic carbocycles. The molecule has 0 radical (unpaired) electrons. The maximum Gasteiger partial charge on any atom is 0.237 e. The fraction of sp³-hybridized carbons (Fsp3) is 0.238. The molecule has 0 aliphatic heterocycles. The van der Waals surface area contributed by atoms with Crippen LogP contribution >= 0.6 is 23.1 Å². The van der Waals surface area contributed by atoms with Crippen molar-refractivity contribution in [3.05, 3.63) is 59.2 Å². The molecule has 3 aromatic rings. The van der Waals surface area contributed by atoms with Crippen LogP contribution < -0.4 is 10.6 Å². The van der Waals surface area contributed by atoms with Crippen LogP contribution in [0.4, 0.5) is 16.5 Å². The van der Waals surface area contributed by atoms with Crippen LogP contribution in [-0.4, -0.2) is 27.1 Å². The number of carbonyl (C=O) groups is 2. The first-order valence-corrected chi connectivity index (χ1v) is 10.8. The lowest BCUT2D eigenvalue weighted by Crippen LogP contribution is -2.22. The second-order valence-corrected chi connectivity index (χ2v) is 9.25. The highest BCUT2D eigenvalue weighted by Gasteiger charge is 2.18. The molecule has 2 N–H and O–H groups in total. The number of benzene rings is 2. The minimum absolute atomic E-state index is 0.0406. The van der Waals surface area contributed by atoms with Gasteiger partial charge < -0.3 is 10.6 Å². The van der Waals surface area contributed by atoms with Gasteiger partial charge in [0.15, 0.2) is 10.1 Å². The Hall–Kier alpha value is -2.71. The van der Waals surface area contributed by atoms with Crippen molar-refractivity contribution in [3.8, 4) is 0 Å². The van der Waals surface area contributed by atoms with E-state index in [4.69, 9.17) is 0 Å². The Morgan fingerprint density at radius 1 is 1.03 bits per heavy atom. The summed E-state index contributed by atoms with van der Waals surface area (Å²) < 4.78 is 0.705. The van der Waals surface area contributed by atoms with E-state index < -0.39 is 0 Å². The zero-order valence-electron chi connectivity index (χ0n) is 16.6. The Balaban J connectivity index is 1.59. The molecule has 1 unspecified atom stereocenters. The van der Waals surface area contributed by atoms with Gasteiger partial charge in [-0.1, -0.05) is 41.3 Å². The standard InChI is InChI=1S/C21H22N4O2S2/c1-12-8-9-18(10-13(12)2)23-20-24-25-21(29-20)28-15(4)19(27)22-17-7-5-6-16(11-17)14(3)26/h5-11,15H,1-4H3,(H,22,27)(H,23,24). The number of anilines is 3. The number of nitrogens with one attached hydrogen (secondary N) is 2. The molecule has 1 aromatic heterocycles. The highest BCUT2D eigenvalue weighted by Crippen LogP contribution is 2.31. The normalized spacial score (nSPS) is 11.7. The molecule has 29 heavy (non-hydrogen) atoms. The number of hydrogen-bond donors (Lipinski definition) is 2. The quantitative estimate of drug-likeness (QED) is 0.398. The number of thioether (sulfide) groups is 1. The molecule has 6 nitrogen and oxygen atoms in total. The van der Waals surface area contributed by atoms with Crippen molar-refractivity contribution in [1.29, 1.82) is 0 Å². The summed E-state index contributed by atoms with van der Waals surface area (Å²) in [6, 6.07) is 13.0. The van der Waals surface area contributed by atoms with Crippen LogP contribution in [0.1, 0.15) is 35.3 Å². The highest BCUT2D eigenvalue weighted by atomic mass is 32.2. The second kappa shape index (κ2) is 9.19. The summed E-state index contributed by atoms with van der Waals surface area (Å²) in [5, 5.41) is 14.7. The number of amides is 1. The summed E-state index contributed by atoms with van der Waals surface area (Å²) in [7, 11) is 0. The first-order valence-electron chi connectivity index (χ1n) is 9.08. The van der Waals surface area contributed by atoms with Crippen LogP contribution in [0.5, 0.6) is 0 Å². The van der Waals surface area contributed by atoms with E-state index in [-0.39, 0.29) is 16.9 Å². The second-order valence-electron chi connectivity index (χ2n) is 6.68. The highest BCUT2D eigenvalue weighted by molar-refractivity contribution is 8.02. The van der Waals surface area contributed by atoms with Gasteiger partial charge in [-0.15, -0.1) is 10.2 Å². The fourth-order valence-electron chi connectivity index (χ4n) is 2.52. The van der Waals surface area contributed by atoms with Crippen molar-refractivity contribution in [3.63, 3.8) is 0 Å². The molecular weight excluding hydrogens is 404 g/mol. The van der Waals surface area contributed by atoms with Crippen molar-refractivity contribution in [2.24, 2.45) is 0 Å². The lowest BCUT2D eigenvalue weighted by Gasteiger charge is -2.10. The number of hydrogen-bond acceptors (Lipinski definition) is 7.